The van der Waals surface area contributed by atoms with Crippen molar-refractivity contribution in [3.05, 3.63) is 30.0 Å². The Morgan fingerprint density at radius 2 is 2.19 bits per heavy atom. The van der Waals surface area contributed by atoms with Crippen molar-refractivity contribution in [3.63, 3.8) is 0 Å². The monoisotopic (exact) mass is 286 g/mol. The fourth-order valence-corrected chi connectivity index (χ4v) is 3.33. The molecule has 0 aliphatic carbocycles. The van der Waals surface area contributed by atoms with Crippen LogP contribution in [0.4, 0.5) is 0 Å². The van der Waals surface area contributed by atoms with Gasteiger partial charge in [0.25, 0.3) is 0 Å². The average Bonchev–Trinajstić information content (AvgIpc) is 2.86. The zero-order valence-electron chi connectivity index (χ0n) is 13.2. The van der Waals surface area contributed by atoms with Gasteiger partial charge in [0.15, 0.2) is 0 Å². The minimum atomic E-state index is 0.642. The molecule has 1 aromatic carbocycles. The third-order valence-corrected chi connectivity index (χ3v) is 4.40. The van der Waals surface area contributed by atoms with Crippen LogP contribution in [0, 0.1) is 0 Å². The lowest BCUT2D eigenvalue weighted by atomic mass is 10.0. The Hall–Kier alpha value is -1.39. The van der Waals surface area contributed by atoms with E-state index < -0.39 is 0 Å². The van der Waals surface area contributed by atoms with Crippen LogP contribution in [0.3, 0.4) is 0 Å². The van der Waals surface area contributed by atoms with Crippen molar-refractivity contribution >= 4 is 10.9 Å². The first-order valence-corrected chi connectivity index (χ1v) is 8.14. The van der Waals surface area contributed by atoms with Crippen molar-refractivity contribution in [2.45, 2.75) is 45.3 Å². The van der Waals surface area contributed by atoms with Crippen LogP contribution in [-0.2, 0) is 13.1 Å². The van der Waals surface area contributed by atoms with Crippen molar-refractivity contribution in [1.82, 2.24) is 20.0 Å². The molecule has 0 saturated carbocycles. The van der Waals surface area contributed by atoms with Gasteiger partial charge in [-0.05, 0) is 39.4 Å². The molecule has 1 N–H and O–H groups in total. The van der Waals surface area contributed by atoms with Gasteiger partial charge in [-0.3, -0.25) is 9.58 Å². The Morgan fingerprint density at radius 1 is 1.33 bits per heavy atom. The van der Waals surface area contributed by atoms with E-state index in [4.69, 9.17) is 5.10 Å². The normalized spacial score (nSPS) is 19.5. The first-order chi connectivity index (χ1) is 10.3. The summed E-state index contributed by atoms with van der Waals surface area (Å²) in [6.07, 6.45) is 3.99. The molecule has 2 heterocycles. The first kappa shape index (κ1) is 14.5. The molecule has 3 rings (SSSR count). The highest BCUT2D eigenvalue weighted by atomic mass is 15.3. The molecule has 114 valence electrons. The number of hydrogen-bond acceptors (Lipinski definition) is 3. The molecule has 1 aliphatic rings. The van der Waals surface area contributed by atoms with Crippen molar-refractivity contribution in [2.75, 3.05) is 20.1 Å². The molecular weight excluding hydrogens is 260 g/mol. The van der Waals surface area contributed by atoms with Crippen molar-refractivity contribution in [1.29, 1.82) is 0 Å². The number of fused-ring (bicyclic) bond motifs is 1. The van der Waals surface area contributed by atoms with E-state index in [1.54, 1.807) is 0 Å². The van der Waals surface area contributed by atoms with Crippen LogP contribution in [-0.4, -0.2) is 40.9 Å². The van der Waals surface area contributed by atoms with Gasteiger partial charge in [0, 0.05) is 31.1 Å². The maximum atomic E-state index is 4.80. The number of piperidine rings is 1. The second-order valence-electron chi connectivity index (χ2n) is 6.12. The molecule has 4 heteroatoms. The Bertz CT molecular complexity index is 583. The number of para-hydroxylation sites is 1. The highest BCUT2D eigenvalue weighted by molar-refractivity contribution is 5.81. The van der Waals surface area contributed by atoms with Crippen LogP contribution in [0.2, 0.25) is 0 Å². The molecule has 1 fully saturated rings. The smallest absolute Gasteiger partial charge is 0.0843 e. The van der Waals surface area contributed by atoms with E-state index in [1.165, 1.54) is 42.4 Å². The quantitative estimate of drug-likeness (QED) is 0.917. The van der Waals surface area contributed by atoms with E-state index in [9.17, 15) is 0 Å². The van der Waals surface area contributed by atoms with E-state index in [-0.39, 0.29) is 0 Å². The van der Waals surface area contributed by atoms with Gasteiger partial charge in [-0.1, -0.05) is 24.6 Å². The molecule has 4 nitrogen and oxygen atoms in total. The van der Waals surface area contributed by atoms with Gasteiger partial charge in [0.05, 0.1) is 11.2 Å². The van der Waals surface area contributed by atoms with Gasteiger partial charge < -0.3 is 5.32 Å². The molecule has 0 radical (unpaired) electrons. The van der Waals surface area contributed by atoms with E-state index in [0.29, 0.717) is 6.04 Å². The van der Waals surface area contributed by atoms with Crippen LogP contribution in [0.1, 0.15) is 31.9 Å². The Kier molecular flexibility index (Phi) is 4.56. The number of hydrogen-bond donors (Lipinski definition) is 1. The van der Waals surface area contributed by atoms with Crippen LogP contribution in [0.15, 0.2) is 24.3 Å². The average molecular weight is 286 g/mol. The van der Waals surface area contributed by atoms with Gasteiger partial charge in [0.2, 0.25) is 0 Å². The van der Waals surface area contributed by atoms with Crippen LogP contribution in [0.5, 0.6) is 0 Å². The van der Waals surface area contributed by atoms with Crippen LogP contribution in [0.25, 0.3) is 10.9 Å². The second kappa shape index (κ2) is 6.58. The van der Waals surface area contributed by atoms with Gasteiger partial charge in [-0.2, -0.15) is 5.10 Å². The predicted octanol–water partition coefficient (Wildman–Crippen LogP) is 2.63. The summed E-state index contributed by atoms with van der Waals surface area (Å²) >= 11 is 0. The summed E-state index contributed by atoms with van der Waals surface area (Å²) in [4.78, 5) is 2.40. The standard InChI is InChI=1S/C17H26N4/c1-3-21-17-10-5-4-9-15(17)16(19-21)13-20(2)12-14-8-6-7-11-18-14/h4-5,9-10,14,18H,3,6-8,11-13H2,1-2H3. The number of nitrogens with one attached hydrogen (secondary N) is 1. The number of benzene rings is 1. The molecule has 0 bridgehead atoms. The summed E-state index contributed by atoms with van der Waals surface area (Å²) in [7, 11) is 2.20. The lowest BCUT2D eigenvalue weighted by Crippen LogP contribution is -2.42. The summed E-state index contributed by atoms with van der Waals surface area (Å²) in [6.45, 7) is 6.28. The van der Waals surface area contributed by atoms with Crippen molar-refractivity contribution in [2.24, 2.45) is 0 Å². The summed E-state index contributed by atoms with van der Waals surface area (Å²) in [6, 6.07) is 9.20. The van der Waals surface area contributed by atoms with E-state index in [2.05, 4.69) is 53.1 Å². The van der Waals surface area contributed by atoms with Gasteiger partial charge >= 0.3 is 0 Å². The number of aromatic nitrogens is 2. The predicted molar refractivity (Wildman–Crippen MR) is 87.4 cm³/mol. The zero-order valence-corrected chi connectivity index (χ0v) is 13.2. The molecule has 1 aliphatic heterocycles. The van der Waals surface area contributed by atoms with Gasteiger partial charge in [-0.25, -0.2) is 0 Å². The van der Waals surface area contributed by atoms with Gasteiger partial charge in [0.1, 0.15) is 0 Å². The molecule has 0 amide bonds. The summed E-state index contributed by atoms with van der Waals surface area (Å²) in [5.74, 6) is 0. The molecule has 1 atom stereocenters. The topological polar surface area (TPSA) is 33.1 Å². The molecule has 21 heavy (non-hydrogen) atoms. The number of rotatable bonds is 5. The van der Waals surface area contributed by atoms with Crippen LogP contribution >= 0.6 is 0 Å². The fraction of sp³-hybridized carbons (Fsp3) is 0.588. The highest BCUT2D eigenvalue weighted by Crippen LogP contribution is 2.20. The molecule has 2 aromatic rings. The Morgan fingerprint density at radius 3 is 2.95 bits per heavy atom. The van der Waals surface area contributed by atoms with Crippen molar-refractivity contribution in [3.8, 4) is 0 Å². The Balaban J connectivity index is 1.71. The number of aryl methyl sites for hydroxylation is 1. The third kappa shape index (κ3) is 3.27. The maximum absolute atomic E-state index is 4.80. The highest BCUT2D eigenvalue weighted by Gasteiger charge is 2.16. The third-order valence-electron chi connectivity index (χ3n) is 4.40. The lowest BCUT2D eigenvalue weighted by Gasteiger charge is -2.27. The molecular formula is C17H26N4. The van der Waals surface area contributed by atoms with Gasteiger partial charge in [-0.15, -0.1) is 0 Å². The fourth-order valence-electron chi connectivity index (χ4n) is 3.33. The molecule has 0 spiro atoms. The minimum Gasteiger partial charge on any atom is -0.313 e. The Labute approximate surface area is 127 Å². The van der Waals surface area contributed by atoms with E-state index >= 15 is 0 Å². The molecule has 1 unspecified atom stereocenters. The minimum absolute atomic E-state index is 0.642. The van der Waals surface area contributed by atoms with Crippen LogP contribution < -0.4 is 5.32 Å². The summed E-state index contributed by atoms with van der Waals surface area (Å²) < 4.78 is 2.11. The summed E-state index contributed by atoms with van der Waals surface area (Å²) in [5, 5.41) is 9.71. The molecule has 1 aromatic heterocycles. The number of nitrogens with zero attached hydrogens (tertiary/aromatic N) is 3. The number of likely N-dealkylation sites (N-methyl/N-ethyl adjacent to an activating group) is 1. The SMILES string of the molecule is CCn1nc(CN(C)CC2CCCCN2)c2ccccc21. The maximum Gasteiger partial charge on any atom is 0.0843 e. The summed E-state index contributed by atoms with van der Waals surface area (Å²) in [5.41, 5.74) is 2.45. The van der Waals surface area contributed by atoms with E-state index in [0.717, 1.165) is 19.6 Å². The zero-order chi connectivity index (χ0) is 14.7. The van der Waals surface area contributed by atoms with E-state index in [1.807, 2.05) is 0 Å². The first-order valence-electron chi connectivity index (χ1n) is 8.14. The molecule has 1 saturated heterocycles. The second-order valence-corrected chi connectivity index (χ2v) is 6.12. The largest absolute Gasteiger partial charge is 0.313 e. The van der Waals surface area contributed by atoms with Crippen molar-refractivity contribution < 1.29 is 0 Å². The lowest BCUT2D eigenvalue weighted by molar-refractivity contribution is 0.254.